The Morgan fingerprint density at radius 2 is 1.96 bits per heavy atom. The van der Waals surface area contributed by atoms with E-state index >= 15 is 0 Å². The Bertz CT molecular complexity index is 613. The summed E-state index contributed by atoms with van der Waals surface area (Å²) < 4.78 is 11.3. The maximum atomic E-state index is 5.71. The van der Waals surface area contributed by atoms with E-state index in [0.717, 1.165) is 29.9 Å². The average molecular weight is 331 g/mol. The van der Waals surface area contributed by atoms with Crippen LogP contribution in [0.1, 0.15) is 39.7 Å². The summed E-state index contributed by atoms with van der Waals surface area (Å²) in [5, 5.41) is 6.85. The zero-order valence-electron chi connectivity index (χ0n) is 15.2. The number of benzene rings is 1. The van der Waals surface area contributed by atoms with Gasteiger partial charge in [0.05, 0.1) is 6.54 Å². The monoisotopic (exact) mass is 331 g/mol. The topological polar surface area (TPSA) is 54.9 Å². The van der Waals surface area contributed by atoms with Crippen LogP contribution < -0.4 is 20.1 Å². The summed E-state index contributed by atoms with van der Waals surface area (Å²) in [6.07, 6.45) is 1.23. The van der Waals surface area contributed by atoms with Crippen molar-refractivity contribution in [1.29, 1.82) is 0 Å². The molecule has 0 aromatic heterocycles. The minimum atomic E-state index is -0.0760. The molecule has 0 saturated heterocycles. The number of fused-ring (bicyclic) bond motifs is 1. The van der Waals surface area contributed by atoms with Crippen LogP contribution in [0, 0.1) is 5.92 Å². The van der Waals surface area contributed by atoms with Gasteiger partial charge >= 0.3 is 0 Å². The number of hydrogen-bond acceptors (Lipinski definition) is 3. The van der Waals surface area contributed by atoms with Crippen molar-refractivity contribution in [3.8, 4) is 11.5 Å². The molecule has 0 bridgehead atoms. The number of guanidine groups is 1. The molecule has 2 atom stereocenters. The van der Waals surface area contributed by atoms with Gasteiger partial charge in [0.2, 0.25) is 0 Å². The van der Waals surface area contributed by atoms with E-state index in [1.807, 2.05) is 6.07 Å². The van der Waals surface area contributed by atoms with E-state index in [2.05, 4.69) is 50.5 Å². The Hall–Kier alpha value is -1.91. The quantitative estimate of drug-likeness (QED) is 0.643. The maximum Gasteiger partial charge on any atom is 0.191 e. The molecule has 2 aliphatic rings. The SMILES string of the molecule is CCNC(=NCC(C)(C)c1ccc2c(c1)OCCO2)NC1CC1C. The van der Waals surface area contributed by atoms with Crippen molar-refractivity contribution in [3.05, 3.63) is 23.8 Å². The molecule has 1 aromatic rings. The lowest BCUT2D eigenvalue weighted by atomic mass is 9.84. The molecule has 5 heteroatoms. The molecule has 24 heavy (non-hydrogen) atoms. The van der Waals surface area contributed by atoms with E-state index in [1.165, 1.54) is 12.0 Å². The Kier molecular flexibility index (Phi) is 4.88. The summed E-state index contributed by atoms with van der Waals surface area (Å²) in [4.78, 5) is 4.81. The fourth-order valence-electron chi connectivity index (χ4n) is 2.85. The Labute approximate surface area is 144 Å². The van der Waals surface area contributed by atoms with E-state index in [1.54, 1.807) is 0 Å². The standard InChI is InChI=1S/C19H29N3O2/c1-5-20-18(22-15-10-13(15)2)21-12-19(3,4)14-6-7-16-17(11-14)24-9-8-23-16/h6-7,11,13,15H,5,8-10,12H2,1-4H3,(H2,20,21,22). The zero-order chi connectivity index (χ0) is 17.2. The van der Waals surface area contributed by atoms with Gasteiger partial charge in [-0.15, -0.1) is 0 Å². The molecule has 1 aliphatic carbocycles. The number of nitrogens with zero attached hydrogens (tertiary/aromatic N) is 1. The molecule has 1 saturated carbocycles. The Morgan fingerprint density at radius 1 is 1.25 bits per heavy atom. The molecule has 0 amide bonds. The predicted molar refractivity (Wildman–Crippen MR) is 97.1 cm³/mol. The van der Waals surface area contributed by atoms with E-state index in [0.29, 0.717) is 25.8 Å². The van der Waals surface area contributed by atoms with Gasteiger partial charge in [0.25, 0.3) is 0 Å². The lowest BCUT2D eigenvalue weighted by Crippen LogP contribution is -2.40. The molecule has 2 N–H and O–H groups in total. The molecule has 3 rings (SSSR count). The van der Waals surface area contributed by atoms with Crippen LogP contribution >= 0.6 is 0 Å². The largest absolute Gasteiger partial charge is 0.486 e. The van der Waals surface area contributed by atoms with Gasteiger partial charge < -0.3 is 20.1 Å². The molecule has 1 heterocycles. The maximum absolute atomic E-state index is 5.71. The first kappa shape index (κ1) is 16.9. The summed E-state index contributed by atoms with van der Waals surface area (Å²) in [5.74, 6) is 3.34. The lowest BCUT2D eigenvalue weighted by molar-refractivity contribution is 0.171. The number of rotatable bonds is 5. The highest BCUT2D eigenvalue weighted by Crippen LogP contribution is 2.35. The van der Waals surface area contributed by atoms with Crippen molar-refractivity contribution in [2.45, 2.75) is 45.6 Å². The van der Waals surface area contributed by atoms with Gasteiger partial charge in [-0.05, 0) is 37.0 Å². The first-order chi connectivity index (χ1) is 11.5. The second-order valence-corrected chi connectivity index (χ2v) is 7.40. The average Bonchev–Trinajstić information content (AvgIpc) is 3.27. The van der Waals surface area contributed by atoms with E-state index in [9.17, 15) is 0 Å². The van der Waals surface area contributed by atoms with Gasteiger partial charge in [0, 0.05) is 18.0 Å². The van der Waals surface area contributed by atoms with Gasteiger partial charge in [0.15, 0.2) is 17.5 Å². The Morgan fingerprint density at radius 3 is 2.62 bits per heavy atom. The predicted octanol–water partition coefficient (Wildman–Crippen LogP) is 2.70. The lowest BCUT2D eigenvalue weighted by Gasteiger charge is -2.26. The Balaban J connectivity index is 1.70. The summed E-state index contributed by atoms with van der Waals surface area (Å²) in [5.41, 5.74) is 1.14. The smallest absolute Gasteiger partial charge is 0.191 e. The van der Waals surface area contributed by atoms with Crippen LogP contribution in [0.4, 0.5) is 0 Å². The normalized spacial score (nSPS) is 22.9. The van der Waals surface area contributed by atoms with E-state index in [4.69, 9.17) is 14.5 Å². The van der Waals surface area contributed by atoms with Crippen LogP contribution in [-0.4, -0.2) is 38.3 Å². The van der Waals surface area contributed by atoms with Crippen LogP contribution in [0.5, 0.6) is 11.5 Å². The molecule has 132 valence electrons. The third-order valence-corrected chi connectivity index (χ3v) is 4.73. The minimum absolute atomic E-state index is 0.0760. The number of aliphatic imine (C=N–C) groups is 1. The van der Waals surface area contributed by atoms with Crippen LogP contribution in [0.15, 0.2) is 23.2 Å². The van der Waals surface area contributed by atoms with Crippen molar-refractivity contribution >= 4 is 5.96 Å². The van der Waals surface area contributed by atoms with Gasteiger partial charge in [-0.25, -0.2) is 0 Å². The first-order valence-corrected chi connectivity index (χ1v) is 8.94. The molecule has 2 unspecified atom stereocenters. The van der Waals surface area contributed by atoms with Crippen LogP contribution in [0.3, 0.4) is 0 Å². The summed E-state index contributed by atoms with van der Waals surface area (Å²) in [6.45, 7) is 11.6. The third-order valence-electron chi connectivity index (χ3n) is 4.73. The van der Waals surface area contributed by atoms with Gasteiger partial charge in [-0.3, -0.25) is 4.99 Å². The highest BCUT2D eigenvalue weighted by molar-refractivity contribution is 5.80. The van der Waals surface area contributed by atoms with Crippen molar-refractivity contribution in [2.24, 2.45) is 10.9 Å². The molecule has 5 nitrogen and oxygen atoms in total. The number of ether oxygens (including phenoxy) is 2. The molecular formula is C19H29N3O2. The fourth-order valence-corrected chi connectivity index (χ4v) is 2.85. The number of hydrogen-bond donors (Lipinski definition) is 2. The fraction of sp³-hybridized carbons (Fsp3) is 0.632. The number of nitrogens with one attached hydrogen (secondary N) is 2. The molecule has 0 radical (unpaired) electrons. The van der Waals surface area contributed by atoms with Crippen molar-refractivity contribution in [3.63, 3.8) is 0 Å². The van der Waals surface area contributed by atoms with Crippen molar-refractivity contribution < 1.29 is 9.47 Å². The molecule has 1 aromatic carbocycles. The summed E-state index contributed by atoms with van der Waals surface area (Å²) in [6, 6.07) is 6.78. The van der Waals surface area contributed by atoms with Crippen LogP contribution in [0.25, 0.3) is 0 Å². The summed E-state index contributed by atoms with van der Waals surface area (Å²) in [7, 11) is 0. The first-order valence-electron chi connectivity index (χ1n) is 8.94. The molecule has 1 aliphatic heterocycles. The summed E-state index contributed by atoms with van der Waals surface area (Å²) >= 11 is 0. The van der Waals surface area contributed by atoms with Crippen molar-refractivity contribution in [1.82, 2.24) is 10.6 Å². The molecular weight excluding hydrogens is 302 g/mol. The van der Waals surface area contributed by atoms with Crippen molar-refractivity contribution in [2.75, 3.05) is 26.3 Å². The van der Waals surface area contributed by atoms with Gasteiger partial charge in [0.1, 0.15) is 13.2 Å². The third kappa shape index (κ3) is 3.94. The van der Waals surface area contributed by atoms with Gasteiger partial charge in [-0.1, -0.05) is 26.8 Å². The molecule has 1 fully saturated rings. The van der Waals surface area contributed by atoms with E-state index in [-0.39, 0.29) is 5.41 Å². The zero-order valence-corrected chi connectivity index (χ0v) is 15.2. The van der Waals surface area contributed by atoms with Crippen LogP contribution in [0.2, 0.25) is 0 Å². The highest BCUT2D eigenvalue weighted by Gasteiger charge is 2.33. The second kappa shape index (κ2) is 6.91. The van der Waals surface area contributed by atoms with Crippen LogP contribution in [-0.2, 0) is 5.41 Å². The minimum Gasteiger partial charge on any atom is -0.486 e. The molecule has 0 spiro atoms. The second-order valence-electron chi connectivity index (χ2n) is 7.40. The van der Waals surface area contributed by atoms with Gasteiger partial charge in [-0.2, -0.15) is 0 Å². The highest BCUT2D eigenvalue weighted by atomic mass is 16.6. The van der Waals surface area contributed by atoms with E-state index < -0.39 is 0 Å².